The van der Waals surface area contributed by atoms with E-state index in [1.54, 1.807) is 0 Å². The van der Waals surface area contributed by atoms with Crippen molar-refractivity contribution in [1.82, 2.24) is 0 Å². The molecule has 3 rings (SSSR count). The monoisotopic (exact) mass is 237 g/mol. The summed E-state index contributed by atoms with van der Waals surface area (Å²) in [6.07, 6.45) is 3.07. The Hall–Kier alpha value is -1.60. The smallest absolute Gasteiger partial charge is 0.0453 e. The Morgan fingerprint density at radius 3 is 2.56 bits per heavy atom. The van der Waals surface area contributed by atoms with E-state index in [1.807, 2.05) is 0 Å². The van der Waals surface area contributed by atoms with Crippen molar-refractivity contribution >= 4 is 0 Å². The molecule has 2 N–H and O–H groups in total. The molecule has 1 aliphatic rings. The van der Waals surface area contributed by atoms with Crippen LogP contribution in [0.5, 0.6) is 0 Å². The van der Waals surface area contributed by atoms with Gasteiger partial charge in [0.2, 0.25) is 0 Å². The maximum Gasteiger partial charge on any atom is 0.0453 e. The molecule has 0 aromatic heterocycles. The van der Waals surface area contributed by atoms with Crippen LogP contribution < -0.4 is 5.73 Å². The number of rotatable bonds is 1. The minimum Gasteiger partial charge on any atom is -0.321 e. The molecule has 1 heteroatoms. The average molecular weight is 237 g/mol. The summed E-state index contributed by atoms with van der Waals surface area (Å²) >= 11 is 0. The molecule has 0 fully saturated rings. The number of benzene rings is 2. The lowest BCUT2D eigenvalue weighted by atomic mass is 9.74. The molecule has 1 unspecified atom stereocenters. The first-order valence-corrected chi connectivity index (χ1v) is 6.60. The van der Waals surface area contributed by atoms with Gasteiger partial charge in [0.15, 0.2) is 0 Å². The summed E-state index contributed by atoms with van der Waals surface area (Å²) < 4.78 is 0. The fraction of sp³-hybridized carbons (Fsp3) is 0.294. The third-order valence-corrected chi connectivity index (χ3v) is 4.06. The third kappa shape index (κ3) is 1.95. The van der Waals surface area contributed by atoms with Crippen LogP contribution in [0.2, 0.25) is 0 Å². The lowest BCUT2D eigenvalue weighted by Crippen LogP contribution is -2.42. The molecule has 0 amide bonds. The highest BCUT2D eigenvalue weighted by atomic mass is 14.7. The molecule has 0 aliphatic heterocycles. The summed E-state index contributed by atoms with van der Waals surface area (Å²) in [5.74, 6) is 0. The van der Waals surface area contributed by atoms with Gasteiger partial charge in [0.1, 0.15) is 0 Å². The van der Waals surface area contributed by atoms with Gasteiger partial charge < -0.3 is 5.73 Å². The average Bonchev–Trinajstić information content (AvgIpc) is 2.38. The first-order chi connectivity index (χ1) is 8.67. The summed E-state index contributed by atoms with van der Waals surface area (Å²) in [4.78, 5) is 0. The first kappa shape index (κ1) is 11.5. The van der Waals surface area contributed by atoms with Crippen molar-refractivity contribution in [2.45, 2.75) is 31.7 Å². The van der Waals surface area contributed by atoms with Crippen LogP contribution in [0.25, 0.3) is 0 Å². The molecule has 0 saturated carbocycles. The van der Waals surface area contributed by atoms with Gasteiger partial charge in [-0.15, -0.1) is 0 Å². The maximum atomic E-state index is 6.66. The molecule has 1 atom stereocenters. The molecule has 0 radical (unpaired) electrons. The van der Waals surface area contributed by atoms with Crippen LogP contribution in [-0.2, 0) is 18.4 Å². The van der Waals surface area contributed by atoms with E-state index >= 15 is 0 Å². The van der Waals surface area contributed by atoms with Gasteiger partial charge >= 0.3 is 0 Å². The third-order valence-electron chi connectivity index (χ3n) is 4.06. The van der Waals surface area contributed by atoms with Gasteiger partial charge in [0, 0.05) is 5.54 Å². The lowest BCUT2D eigenvalue weighted by molar-refractivity contribution is 0.385. The predicted molar refractivity (Wildman–Crippen MR) is 75.5 cm³/mol. The highest BCUT2D eigenvalue weighted by molar-refractivity contribution is 5.37. The van der Waals surface area contributed by atoms with E-state index in [0.29, 0.717) is 0 Å². The van der Waals surface area contributed by atoms with E-state index in [0.717, 1.165) is 19.3 Å². The minimum atomic E-state index is -0.194. The number of fused-ring (bicyclic) bond motifs is 1. The van der Waals surface area contributed by atoms with E-state index < -0.39 is 0 Å². The summed E-state index contributed by atoms with van der Waals surface area (Å²) in [5, 5.41) is 0. The van der Waals surface area contributed by atoms with Crippen LogP contribution in [0, 0.1) is 6.92 Å². The molecule has 1 aliphatic carbocycles. The number of hydrogen-bond acceptors (Lipinski definition) is 1. The summed E-state index contributed by atoms with van der Waals surface area (Å²) in [7, 11) is 0. The van der Waals surface area contributed by atoms with Gasteiger partial charge in [-0.3, -0.25) is 0 Å². The molecular weight excluding hydrogens is 218 g/mol. The second-order valence-electron chi connectivity index (χ2n) is 5.47. The normalized spacial score (nSPS) is 22.6. The SMILES string of the molecule is Cc1cccc(C2(N)CCc3ccccc3C2)c1. The maximum absolute atomic E-state index is 6.66. The van der Waals surface area contributed by atoms with Crippen molar-refractivity contribution in [1.29, 1.82) is 0 Å². The fourth-order valence-corrected chi connectivity index (χ4v) is 2.96. The molecule has 0 saturated heterocycles. The molecule has 18 heavy (non-hydrogen) atoms. The van der Waals surface area contributed by atoms with Crippen molar-refractivity contribution in [3.05, 3.63) is 70.8 Å². The van der Waals surface area contributed by atoms with Gasteiger partial charge in [-0.05, 0) is 42.9 Å². The Kier molecular flexibility index (Phi) is 2.71. The van der Waals surface area contributed by atoms with E-state index in [9.17, 15) is 0 Å². The van der Waals surface area contributed by atoms with E-state index in [1.165, 1.54) is 22.3 Å². The first-order valence-electron chi connectivity index (χ1n) is 6.60. The predicted octanol–water partition coefficient (Wildman–Crippen LogP) is 3.34. The molecule has 92 valence electrons. The number of hydrogen-bond donors (Lipinski definition) is 1. The largest absolute Gasteiger partial charge is 0.321 e. The Morgan fingerprint density at radius 2 is 1.78 bits per heavy atom. The van der Waals surface area contributed by atoms with Crippen LogP contribution in [0.1, 0.15) is 28.7 Å². The zero-order valence-electron chi connectivity index (χ0n) is 10.8. The van der Waals surface area contributed by atoms with Crippen LogP contribution in [0.3, 0.4) is 0 Å². The Labute approximate surface area is 109 Å². The Bertz CT molecular complexity index is 573. The molecule has 2 aromatic rings. The molecule has 0 spiro atoms. The Balaban J connectivity index is 1.99. The lowest BCUT2D eigenvalue weighted by Gasteiger charge is -2.35. The quantitative estimate of drug-likeness (QED) is 0.809. The number of nitrogens with two attached hydrogens (primary N) is 1. The second-order valence-corrected chi connectivity index (χ2v) is 5.47. The highest BCUT2D eigenvalue weighted by Gasteiger charge is 2.31. The van der Waals surface area contributed by atoms with Crippen LogP contribution in [-0.4, -0.2) is 0 Å². The van der Waals surface area contributed by atoms with Gasteiger partial charge in [-0.2, -0.15) is 0 Å². The minimum absolute atomic E-state index is 0.194. The molecule has 1 nitrogen and oxygen atoms in total. The fourth-order valence-electron chi connectivity index (χ4n) is 2.96. The zero-order valence-corrected chi connectivity index (χ0v) is 10.8. The second kappa shape index (κ2) is 4.25. The summed E-state index contributed by atoms with van der Waals surface area (Å²) in [6.45, 7) is 2.13. The Morgan fingerprint density at radius 1 is 1.00 bits per heavy atom. The van der Waals surface area contributed by atoms with E-state index in [-0.39, 0.29) is 5.54 Å². The highest BCUT2D eigenvalue weighted by Crippen LogP contribution is 2.34. The molecule has 0 heterocycles. The summed E-state index contributed by atoms with van der Waals surface area (Å²) in [5.41, 5.74) is 11.9. The zero-order chi connectivity index (χ0) is 12.6. The van der Waals surface area contributed by atoms with Crippen molar-refractivity contribution in [2.75, 3.05) is 0 Å². The van der Waals surface area contributed by atoms with Gasteiger partial charge in [0.25, 0.3) is 0 Å². The molecular formula is C17H19N. The van der Waals surface area contributed by atoms with Crippen molar-refractivity contribution in [2.24, 2.45) is 5.73 Å². The van der Waals surface area contributed by atoms with Gasteiger partial charge in [-0.1, -0.05) is 54.1 Å². The molecule has 0 bridgehead atoms. The standard InChI is InChI=1S/C17H19N/c1-13-5-4-8-16(11-13)17(18)10-9-14-6-2-3-7-15(14)12-17/h2-8,11H,9-10,12,18H2,1H3. The number of aryl methyl sites for hydroxylation is 2. The van der Waals surface area contributed by atoms with Crippen molar-refractivity contribution < 1.29 is 0 Å². The van der Waals surface area contributed by atoms with Crippen LogP contribution >= 0.6 is 0 Å². The van der Waals surface area contributed by atoms with E-state index in [2.05, 4.69) is 55.5 Å². The van der Waals surface area contributed by atoms with Crippen LogP contribution in [0.15, 0.2) is 48.5 Å². The van der Waals surface area contributed by atoms with Crippen molar-refractivity contribution in [3.63, 3.8) is 0 Å². The molecule has 2 aromatic carbocycles. The van der Waals surface area contributed by atoms with E-state index in [4.69, 9.17) is 5.73 Å². The van der Waals surface area contributed by atoms with Gasteiger partial charge in [0.05, 0.1) is 0 Å². The van der Waals surface area contributed by atoms with Crippen LogP contribution in [0.4, 0.5) is 0 Å². The summed E-state index contributed by atoms with van der Waals surface area (Å²) in [6, 6.07) is 17.3. The van der Waals surface area contributed by atoms with Gasteiger partial charge in [-0.25, -0.2) is 0 Å². The topological polar surface area (TPSA) is 26.0 Å². The van der Waals surface area contributed by atoms with Crippen molar-refractivity contribution in [3.8, 4) is 0 Å².